The first-order valence-electron chi connectivity index (χ1n) is 9.94. The molecule has 3 heterocycles. The van der Waals surface area contributed by atoms with E-state index >= 15 is 0 Å². The monoisotopic (exact) mass is 490 g/mol. The summed E-state index contributed by atoms with van der Waals surface area (Å²) in [6, 6.07) is 4.89. The standard InChI is InChI=1S/C21H20BrFN4O2S/c22-13-2-4-16(15(23)10-13)26-19-18-14-3-1-12(21(28)27-5-7-29-8-6-27)9-17(14)30-20(18)25-11-24-19/h2,4,10-12H,1,3,5-9H2,(H,24,25,26). The molecule has 1 aliphatic heterocycles. The van der Waals surface area contributed by atoms with Crippen molar-refractivity contribution in [2.24, 2.45) is 5.92 Å². The fourth-order valence-corrected chi connectivity index (χ4v) is 5.78. The van der Waals surface area contributed by atoms with Gasteiger partial charge >= 0.3 is 0 Å². The second-order valence-corrected chi connectivity index (χ2v) is 9.53. The smallest absolute Gasteiger partial charge is 0.226 e. The number of nitrogens with zero attached hydrogens (tertiary/aromatic N) is 3. The second kappa shape index (κ2) is 8.20. The zero-order valence-electron chi connectivity index (χ0n) is 16.2. The predicted octanol–water partition coefficient (Wildman–Crippen LogP) is 4.30. The topological polar surface area (TPSA) is 67.4 Å². The van der Waals surface area contributed by atoms with Crippen molar-refractivity contribution >= 4 is 54.9 Å². The van der Waals surface area contributed by atoms with E-state index in [-0.39, 0.29) is 17.6 Å². The zero-order chi connectivity index (χ0) is 20.7. The molecule has 30 heavy (non-hydrogen) atoms. The third-order valence-electron chi connectivity index (χ3n) is 5.70. The van der Waals surface area contributed by atoms with Gasteiger partial charge in [0.05, 0.1) is 24.3 Å². The molecule has 6 nitrogen and oxygen atoms in total. The molecule has 2 aromatic heterocycles. The van der Waals surface area contributed by atoms with Gasteiger partial charge in [0.25, 0.3) is 0 Å². The molecule has 0 saturated carbocycles. The summed E-state index contributed by atoms with van der Waals surface area (Å²) in [5.41, 5.74) is 1.55. The number of carbonyl (C=O) groups is 1. The summed E-state index contributed by atoms with van der Waals surface area (Å²) in [5, 5.41) is 4.08. The Hall–Kier alpha value is -2.10. The van der Waals surface area contributed by atoms with Crippen LogP contribution in [0.1, 0.15) is 16.9 Å². The Morgan fingerprint density at radius 2 is 2.13 bits per heavy atom. The molecule has 9 heteroatoms. The van der Waals surface area contributed by atoms with Gasteiger partial charge < -0.3 is 15.0 Å². The Kier molecular flexibility index (Phi) is 5.43. The number of anilines is 2. The molecule has 3 aromatic rings. The lowest BCUT2D eigenvalue weighted by Gasteiger charge is -2.31. The minimum atomic E-state index is -0.351. The van der Waals surface area contributed by atoms with E-state index in [1.807, 2.05) is 4.90 Å². The average Bonchev–Trinajstić information content (AvgIpc) is 3.14. The first kappa shape index (κ1) is 19.8. The van der Waals surface area contributed by atoms with E-state index in [1.165, 1.54) is 22.8 Å². The highest BCUT2D eigenvalue weighted by atomic mass is 79.9. The number of fused-ring (bicyclic) bond motifs is 3. The van der Waals surface area contributed by atoms with E-state index in [9.17, 15) is 9.18 Å². The maximum atomic E-state index is 14.3. The van der Waals surface area contributed by atoms with Gasteiger partial charge in [0.15, 0.2) is 0 Å². The van der Waals surface area contributed by atoms with Crippen LogP contribution in [0.25, 0.3) is 10.2 Å². The van der Waals surface area contributed by atoms with E-state index in [1.54, 1.807) is 23.5 Å². The Balaban J connectivity index is 1.43. The van der Waals surface area contributed by atoms with Crippen LogP contribution in [0, 0.1) is 11.7 Å². The second-order valence-electron chi connectivity index (χ2n) is 7.53. The summed E-state index contributed by atoms with van der Waals surface area (Å²) < 4.78 is 20.4. The van der Waals surface area contributed by atoms with E-state index < -0.39 is 0 Å². The number of carbonyl (C=O) groups excluding carboxylic acids is 1. The van der Waals surface area contributed by atoms with Crippen LogP contribution in [0.5, 0.6) is 0 Å². The number of ether oxygens (including phenoxy) is 1. The number of morpholine rings is 1. The van der Waals surface area contributed by atoms with E-state index in [0.717, 1.165) is 29.5 Å². The first-order valence-corrected chi connectivity index (χ1v) is 11.5. The molecule has 0 bridgehead atoms. The van der Waals surface area contributed by atoms with Gasteiger partial charge in [-0.15, -0.1) is 11.3 Å². The number of hydrogen-bond donors (Lipinski definition) is 1. The molecule has 0 spiro atoms. The van der Waals surface area contributed by atoms with Crippen molar-refractivity contribution in [3.8, 4) is 0 Å². The van der Waals surface area contributed by atoms with Crippen molar-refractivity contribution in [2.75, 3.05) is 31.6 Å². The largest absolute Gasteiger partial charge is 0.378 e. The van der Waals surface area contributed by atoms with E-state index in [4.69, 9.17) is 4.74 Å². The number of benzene rings is 1. The predicted molar refractivity (Wildman–Crippen MR) is 118 cm³/mol. The maximum Gasteiger partial charge on any atom is 0.226 e. The van der Waals surface area contributed by atoms with Crippen molar-refractivity contribution in [1.29, 1.82) is 0 Å². The number of rotatable bonds is 3. The normalized spacial score (nSPS) is 19.0. The molecular weight excluding hydrogens is 471 g/mol. The van der Waals surface area contributed by atoms with Crippen LogP contribution in [0.3, 0.4) is 0 Å². The van der Waals surface area contributed by atoms with Gasteiger partial charge in [-0.1, -0.05) is 15.9 Å². The van der Waals surface area contributed by atoms with Crippen molar-refractivity contribution in [3.05, 3.63) is 45.3 Å². The highest BCUT2D eigenvalue weighted by molar-refractivity contribution is 9.10. The van der Waals surface area contributed by atoms with Crippen molar-refractivity contribution in [1.82, 2.24) is 14.9 Å². The van der Waals surface area contributed by atoms with Gasteiger partial charge in [-0.3, -0.25) is 4.79 Å². The SMILES string of the molecule is O=C(C1CCc2c(sc3ncnc(Nc4ccc(Br)cc4F)c23)C1)N1CCOCC1. The molecule has 5 rings (SSSR count). The van der Waals surface area contributed by atoms with Crippen LogP contribution in [0.4, 0.5) is 15.9 Å². The summed E-state index contributed by atoms with van der Waals surface area (Å²) >= 11 is 4.89. The van der Waals surface area contributed by atoms with Gasteiger partial charge in [0.2, 0.25) is 5.91 Å². The quantitative estimate of drug-likeness (QED) is 0.592. The molecular formula is C21H20BrFN4O2S. The Morgan fingerprint density at radius 3 is 2.93 bits per heavy atom. The number of nitrogens with one attached hydrogen (secondary N) is 1. The summed E-state index contributed by atoms with van der Waals surface area (Å²) in [7, 11) is 0. The summed E-state index contributed by atoms with van der Waals surface area (Å²) in [4.78, 5) is 25.7. The Morgan fingerprint density at radius 1 is 1.30 bits per heavy atom. The van der Waals surface area contributed by atoms with E-state index in [0.29, 0.717) is 42.3 Å². The van der Waals surface area contributed by atoms with Crippen LogP contribution in [0.2, 0.25) is 0 Å². The van der Waals surface area contributed by atoms with Crippen LogP contribution in [-0.4, -0.2) is 47.1 Å². The van der Waals surface area contributed by atoms with Crippen LogP contribution >= 0.6 is 27.3 Å². The number of aryl methyl sites for hydroxylation is 1. The zero-order valence-corrected chi connectivity index (χ0v) is 18.6. The molecule has 1 atom stereocenters. The molecule has 1 amide bonds. The van der Waals surface area contributed by atoms with Gasteiger partial charge in [-0.25, -0.2) is 14.4 Å². The number of hydrogen-bond acceptors (Lipinski definition) is 6. The lowest BCUT2D eigenvalue weighted by molar-refractivity contribution is -0.140. The summed E-state index contributed by atoms with van der Waals surface area (Å²) in [5.74, 6) is 0.479. The fourth-order valence-electron chi connectivity index (χ4n) is 4.18. The lowest BCUT2D eigenvalue weighted by atomic mass is 9.86. The van der Waals surface area contributed by atoms with Gasteiger partial charge in [-0.05, 0) is 43.0 Å². The average molecular weight is 491 g/mol. The number of halogens is 2. The molecule has 1 N–H and O–H groups in total. The Labute approximate surface area is 185 Å². The lowest BCUT2D eigenvalue weighted by Crippen LogP contribution is -2.44. The van der Waals surface area contributed by atoms with Crippen molar-refractivity contribution in [3.63, 3.8) is 0 Å². The van der Waals surface area contributed by atoms with Gasteiger partial charge in [0.1, 0.15) is 22.8 Å². The highest BCUT2D eigenvalue weighted by Crippen LogP contribution is 2.41. The molecule has 1 saturated heterocycles. The highest BCUT2D eigenvalue weighted by Gasteiger charge is 2.32. The molecule has 1 fully saturated rings. The molecule has 1 aromatic carbocycles. The van der Waals surface area contributed by atoms with E-state index in [2.05, 4.69) is 31.2 Å². The molecule has 0 radical (unpaired) electrons. The summed E-state index contributed by atoms with van der Waals surface area (Å²) in [6.45, 7) is 2.58. The molecule has 1 unspecified atom stereocenters. The van der Waals surface area contributed by atoms with Crippen LogP contribution < -0.4 is 5.32 Å². The minimum absolute atomic E-state index is 0.00283. The van der Waals surface area contributed by atoms with Crippen molar-refractivity contribution in [2.45, 2.75) is 19.3 Å². The Bertz CT molecular complexity index is 1120. The molecule has 1 aliphatic carbocycles. The van der Waals surface area contributed by atoms with Crippen LogP contribution in [-0.2, 0) is 22.4 Å². The summed E-state index contributed by atoms with van der Waals surface area (Å²) in [6.07, 6.45) is 3.81. The van der Waals surface area contributed by atoms with Crippen molar-refractivity contribution < 1.29 is 13.9 Å². The van der Waals surface area contributed by atoms with Gasteiger partial charge in [0, 0.05) is 28.4 Å². The fraction of sp³-hybridized carbons (Fsp3) is 0.381. The molecule has 156 valence electrons. The third-order valence-corrected chi connectivity index (χ3v) is 7.36. The number of aromatic nitrogens is 2. The van der Waals surface area contributed by atoms with Gasteiger partial charge in [-0.2, -0.15) is 0 Å². The van der Waals surface area contributed by atoms with Crippen LogP contribution in [0.15, 0.2) is 29.0 Å². The third kappa shape index (κ3) is 3.70. The first-order chi connectivity index (χ1) is 14.6. The number of amides is 1. The number of thiophene rings is 1. The maximum absolute atomic E-state index is 14.3. The molecule has 2 aliphatic rings. The minimum Gasteiger partial charge on any atom is -0.378 e.